The van der Waals surface area contributed by atoms with E-state index in [1.807, 2.05) is 0 Å². The standard InChI is InChI=1S/C19H20Cl2N8O3S/c1-22-19(31)14-10(7-12(28-29-14)25-18(30)8-4-5-8)24-17-11(33(3,32)23-2)6-9-13(20)15(21)26-16(9)27-17/h6-8H,4-5H2,1-3H3,(H,22,31)(H3,24,25,26,27,28,30). The Labute approximate surface area is 199 Å². The van der Waals surface area contributed by atoms with Crippen molar-refractivity contribution in [2.75, 3.05) is 31.0 Å². The first-order valence-electron chi connectivity index (χ1n) is 9.80. The largest absolute Gasteiger partial charge is 0.354 e. The van der Waals surface area contributed by atoms with Crippen LogP contribution in [0, 0.1) is 5.92 Å². The van der Waals surface area contributed by atoms with Gasteiger partial charge in [-0.2, -0.15) is 0 Å². The van der Waals surface area contributed by atoms with E-state index in [9.17, 15) is 13.8 Å². The third-order valence-corrected chi connectivity index (χ3v) is 7.69. The molecular weight excluding hydrogens is 491 g/mol. The molecule has 0 spiro atoms. The fourth-order valence-corrected chi connectivity index (χ4v) is 4.42. The van der Waals surface area contributed by atoms with Crippen LogP contribution in [0.4, 0.5) is 17.3 Å². The second-order valence-corrected chi connectivity index (χ2v) is 10.6. The van der Waals surface area contributed by atoms with Crippen LogP contribution in [0.15, 0.2) is 21.4 Å². The predicted molar refractivity (Wildman–Crippen MR) is 127 cm³/mol. The van der Waals surface area contributed by atoms with E-state index in [0.29, 0.717) is 11.0 Å². The van der Waals surface area contributed by atoms with E-state index in [1.54, 1.807) is 6.07 Å². The van der Waals surface area contributed by atoms with Crippen LogP contribution in [0.25, 0.3) is 11.0 Å². The van der Waals surface area contributed by atoms with Crippen LogP contribution in [-0.2, 0) is 14.5 Å². The summed E-state index contributed by atoms with van der Waals surface area (Å²) in [6.07, 6.45) is 3.09. The fourth-order valence-electron chi connectivity index (χ4n) is 3.05. The average Bonchev–Trinajstić information content (AvgIpc) is 3.60. The molecular formula is C19H20Cl2N8O3S. The van der Waals surface area contributed by atoms with Crippen LogP contribution in [0.5, 0.6) is 0 Å². The molecule has 14 heteroatoms. The van der Waals surface area contributed by atoms with E-state index < -0.39 is 15.6 Å². The molecule has 1 saturated carbocycles. The number of anilines is 3. The molecule has 1 aliphatic carbocycles. The van der Waals surface area contributed by atoms with Crippen molar-refractivity contribution in [2.24, 2.45) is 10.3 Å². The number of amides is 2. The molecule has 3 heterocycles. The Balaban J connectivity index is 1.85. The van der Waals surface area contributed by atoms with E-state index in [4.69, 9.17) is 23.2 Å². The number of carbonyl (C=O) groups excluding carboxylic acids is 2. The molecule has 0 saturated heterocycles. The third-order valence-electron chi connectivity index (χ3n) is 5.09. The Morgan fingerprint density at radius 3 is 2.61 bits per heavy atom. The molecule has 4 rings (SSSR count). The zero-order valence-corrected chi connectivity index (χ0v) is 20.2. The van der Waals surface area contributed by atoms with Gasteiger partial charge >= 0.3 is 0 Å². The minimum absolute atomic E-state index is 0.0455. The number of hydrogen-bond acceptors (Lipinski definition) is 8. The quantitative estimate of drug-likeness (QED) is 0.396. The molecule has 1 unspecified atom stereocenters. The summed E-state index contributed by atoms with van der Waals surface area (Å²) >= 11 is 12.3. The lowest BCUT2D eigenvalue weighted by molar-refractivity contribution is -0.117. The number of rotatable bonds is 6. The van der Waals surface area contributed by atoms with Crippen molar-refractivity contribution in [1.82, 2.24) is 25.5 Å². The molecule has 1 fully saturated rings. The van der Waals surface area contributed by atoms with Crippen LogP contribution >= 0.6 is 23.2 Å². The molecule has 0 radical (unpaired) electrons. The lowest BCUT2D eigenvalue weighted by Gasteiger charge is -2.15. The van der Waals surface area contributed by atoms with Gasteiger partial charge in [0.15, 0.2) is 11.5 Å². The second kappa shape index (κ2) is 8.76. The molecule has 0 aromatic carbocycles. The highest BCUT2D eigenvalue weighted by atomic mass is 35.5. The van der Waals surface area contributed by atoms with Gasteiger partial charge < -0.3 is 20.9 Å². The summed E-state index contributed by atoms with van der Waals surface area (Å²) in [5.41, 5.74) is 0.486. The second-order valence-electron chi connectivity index (χ2n) is 7.43. The molecule has 174 valence electrons. The van der Waals surface area contributed by atoms with Crippen molar-refractivity contribution in [3.05, 3.63) is 28.0 Å². The number of halogens is 2. The number of carbonyl (C=O) groups is 2. The topological polar surface area (TPSA) is 154 Å². The Kier molecular flexibility index (Phi) is 6.16. The molecule has 3 aromatic heterocycles. The predicted octanol–water partition coefficient (Wildman–Crippen LogP) is 3.20. The smallest absolute Gasteiger partial charge is 0.273 e. The molecule has 11 nitrogen and oxygen atoms in total. The van der Waals surface area contributed by atoms with Crippen LogP contribution in [0.3, 0.4) is 0 Å². The first kappa shape index (κ1) is 23.2. The number of aromatic amines is 1. The lowest BCUT2D eigenvalue weighted by atomic mass is 10.2. The molecule has 2 amide bonds. The Morgan fingerprint density at radius 2 is 1.97 bits per heavy atom. The number of nitrogens with one attached hydrogen (secondary N) is 4. The Morgan fingerprint density at radius 1 is 1.24 bits per heavy atom. The maximum absolute atomic E-state index is 13.2. The van der Waals surface area contributed by atoms with Gasteiger partial charge in [-0.05, 0) is 18.9 Å². The summed E-state index contributed by atoms with van der Waals surface area (Å²) < 4.78 is 17.2. The van der Waals surface area contributed by atoms with E-state index in [0.717, 1.165) is 12.8 Å². The molecule has 0 aliphatic heterocycles. The molecule has 3 aromatic rings. The van der Waals surface area contributed by atoms with Crippen molar-refractivity contribution in [2.45, 2.75) is 17.7 Å². The highest BCUT2D eigenvalue weighted by Crippen LogP contribution is 2.36. The van der Waals surface area contributed by atoms with Gasteiger partial charge in [-0.15, -0.1) is 10.2 Å². The maximum atomic E-state index is 13.2. The Bertz CT molecular complexity index is 1410. The number of hydrogen-bond donors (Lipinski definition) is 4. The third kappa shape index (κ3) is 4.59. The van der Waals surface area contributed by atoms with Crippen LogP contribution in [0.1, 0.15) is 23.3 Å². The SMILES string of the molecule is CN=S(C)(=O)c1cc2c(Cl)c(Cl)[nH]c2nc1Nc1cc(NC(=O)C2CC2)nnc1C(=O)NC. The van der Waals surface area contributed by atoms with Gasteiger partial charge in [-0.1, -0.05) is 23.2 Å². The van der Waals surface area contributed by atoms with Gasteiger partial charge in [0.2, 0.25) is 5.91 Å². The van der Waals surface area contributed by atoms with Crippen molar-refractivity contribution in [3.8, 4) is 0 Å². The van der Waals surface area contributed by atoms with Gasteiger partial charge in [0.1, 0.15) is 16.6 Å². The summed E-state index contributed by atoms with van der Waals surface area (Å²) in [7, 11) is -0.0141. The number of pyridine rings is 1. The summed E-state index contributed by atoms with van der Waals surface area (Å²) in [6, 6.07) is 3.04. The zero-order chi connectivity index (χ0) is 23.9. The van der Waals surface area contributed by atoms with Crippen molar-refractivity contribution < 1.29 is 13.8 Å². The van der Waals surface area contributed by atoms with E-state index in [2.05, 4.69) is 40.5 Å². The van der Waals surface area contributed by atoms with Crippen LogP contribution in [-0.4, -0.2) is 56.5 Å². The number of aromatic nitrogens is 4. The van der Waals surface area contributed by atoms with Crippen LogP contribution in [0.2, 0.25) is 10.2 Å². The minimum atomic E-state index is -2.89. The lowest BCUT2D eigenvalue weighted by Crippen LogP contribution is -2.23. The van der Waals surface area contributed by atoms with Crippen molar-refractivity contribution >= 4 is 73.1 Å². The van der Waals surface area contributed by atoms with Crippen LogP contribution < -0.4 is 16.0 Å². The summed E-state index contributed by atoms with van der Waals surface area (Å²) in [4.78, 5) is 32.1. The Hall–Kier alpha value is -2.96. The van der Waals surface area contributed by atoms with Gasteiger partial charge in [-0.25, -0.2) is 13.6 Å². The molecule has 1 atom stereocenters. The van der Waals surface area contributed by atoms with Crippen molar-refractivity contribution in [3.63, 3.8) is 0 Å². The fraction of sp³-hybridized carbons (Fsp3) is 0.316. The normalized spacial score (nSPS) is 15.1. The number of fused-ring (bicyclic) bond motifs is 1. The molecule has 4 N–H and O–H groups in total. The minimum Gasteiger partial charge on any atom is -0.354 e. The number of nitrogens with zero attached hydrogens (tertiary/aromatic N) is 4. The first-order chi connectivity index (χ1) is 15.6. The number of H-pyrrole nitrogens is 1. The summed E-state index contributed by atoms with van der Waals surface area (Å²) in [5, 5.41) is 17.0. The monoisotopic (exact) mass is 510 g/mol. The van der Waals surface area contributed by atoms with E-state index >= 15 is 0 Å². The summed E-state index contributed by atoms with van der Waals surface area (Å²) in [5.74, 6) is -0.423. The van der Waals surface area contributed by atoms with Gasteiger partial charge in [0, 0.05) is 37.7 Å². The zero-order valence-electron chi connectivity index (χ0n) is 17.8. The van der Waals surface area contributed by atoms with Gasteiger partial charge in [0.25, 0.3) is 5.91 Å². The van der Waals surface area contributed by atoms with Gasteiger partial charge in [0.05, 0.1) is 25.3 Å². The highest BCUT2D eigenvalue weighted by molar-refractivity contribution is 7.93. The summed E-state index contributed by atoms with van der Waals surface area (Å²) in [6.45, 7) is 0. The van der Waals surface area contributed by atoms with Crippen molar-refractivity contribution in [1.29, 1.82) is 0 Å². The molecule has 33 heavy (non-hydrogen) atoms. The average molecular weight is 511 g/mol. The van der Waals surface area contributed by atoms with Gasteiger partial charge in [-0.3, -0.25) is 9.59 Å². The van der Waals surface area contributed by atoms with E-state index in [1.165, 1.54) is 26.4 Å². The highest BCUT2D eigenvalue weighted by Gasteiger charge is 2.30. The first-order valence-corrected chi connectivity index (χ1v) is 12.5. The molecule has 0 bridgehead atoms. The maximum Gasteiger partial charge on any atom is 0.273 e. The molecule has 1 aliphatic rings. The van der Waals surface area contributed by atoms with E-state index in [-0.39, 0.29) is 49.9 Å².